The van der Waals surface area contributed by atoms with Crippen LogP contribution in [0.3, 0.4) is 0 Å². The summed E-state index contributed by atoms with van der Waals surface area (Å²) >= 11 is 0. The van der Waals surface area contributed by atoms with Crippen LogP contribution in [0.15, 0.2) is 34.8 Å². The van der Waals surface area contributed by atoms with Crippen molar-refractivity contribution in [2.24, 2.45) is 17.6 Å². The van der Waals surface area contributed by atoms with Gasteiger partial charge in [0.25, 0.3) is 5.91 Å². The molecule has 0 aliphatic heterocycles. The molecule has 0 bridgehead atoms. The lowest BCUT2D eigenvalue weighted by molar-refractivity contribution is -0.148. The average molecular weight is 439 g/mol. The molecular weight excluding hydrogens is 418 g/mol. The maximum absolute atomic E-state index is 13.3. The molecule has 10 heteroatoms. The fraction of sp³-hybridized carbons (Fsp3) is 0.364. The SMILES string of the molecule is CN(C)[C@H]1C(O)=C(C(N)=O)C(=O)[C@@]2(O)C(O)=C3C(=O)c4c(O)ccc(C#N)c4C[C@@H]3C[C@@H]12. The first-order chi connectivity index (χ1) is 15.0. The van der Waals surface area contributed by atoms with E-state index in [1.807, 2.05) is 6.07 Å². The highest BCUT2D eigenvalue weighted by Gasteiger charge is 2.63. The summed E-state index contributed by atoms with van der Waals surface area (Å²) in [6, 6.07) is 3.50. The van der Waals surface area contributed by atoms with E-state index in [-0.39, 0.29) is 29.5 Å². The standard InChI is InChI=1S/C22H21N3O7/c1-25(2)16-11-6-9-5-10-8(7-23)3-4-12(26)14(10)17(27)13(9)19(29)22(11,32)20(30)15(18(16)28)21(24)31/h3-4,9,11,16,26,28-29,32H,5-6H2,1-2H3,(H2,24,31)/t9-,11+,16-,22+/m1/s1. The van der Waals surface area contributed by atoms with Crippen molar-refractivity contribution in [2.75, 3.05) is 14.1 Å². The predicted molar refractivity (Wildman–Crippen MR) is 108 cm³/mol. The van der Waals surface area contributed by atoms with Crippen LogP contribution in [0.25, 0.3) is 0 Å². The number of nitrogens with zero attached hydrogens (tertiary/aromatic N) is 2. The molecule has 32 heavy (non-hydrogen) atoms. The Labute approximate surface area is 182 Å². The topological polar surface area (TPSA) is 185 Å². The Morgan fingerprint density at radius 2 is 1.91 bits per heavy atom. The number of carbonyl (C=O) groups is 3. The van der Waals surface area contributed by atoms with E-state index in [0.29, 0.717) is 5.56 Å². The minimum Gasteiger partial charge on any atom is -0.510 e. The highest BCUT2D eigenvalue weighted by molar-refractivity contribution is 6.24. The third kappa shape index (κ3) is 2.55. The summed E-state index contributed by atoms with van der Waals surface area (Å²) in [6.45, 7) is 0. The molecule has 4 atom stereocenters. The molecule has 0 spiro atoms. The fourth-order valence-electron chi connectivity index (χ4n) is 5.36. The van der Waals surface area contributed by atoms with Crippen LogP contribution in [-0.4, -0.2) is 68.5 Å². The van der Waals surface area contributed by atoms with Crippen LogP contribution < -0.4 is 5.73 Å². The highest BCUT2D eigenvalue weighted by Crippen LogP contribution is 2.52. The zero-order chi connectivity index (χ0) is 23.7. The number of amides is 1. The molecule has 1 amide bonds. The third-order valence-electron chi connectivity index (χ3n) is 6.73. The number of hydrogen-bond acceptors (Lipinski definition) is 9. The van der Waals surface area contributed by atoms with E-state index >= 15 is 0 Å². The van der Waals surface area contributed by atoms with Crippen LogP contribution >= 0.6 is 0 Å². The number of primary amides is 1. The molecule has 10 nitrogen and oxygen atoms in total. The number of benzene rings is 1. The van der Waals surface area contributed by atoms with Gasteiger partial charge in [0.1, 0.15) is 22.8 Å². The van der Waals surface area contributed by atoms with Gasteiger partial charge in [-0.1, -0.05) is 0 Å². The zero-order valence-corrected chi connectivity index (χ0v) is 17.3. The van der Waals surface area contributed by atoms with E-state index in [2.05, 4.69) is 0 Å². The van der Waals surface area contributed by atoms with E-state index in [0.717, 1.165) is 0 Å². The van der Waals surface area contributed by atoms with Gasteiger partial charge in [0.05, 0.1) is 23.2 Å². The summed E-state index contributed by atoms with van der Waals surface area (Å²) in [7, 11) is 3.11. The smallest absolute Gasteiger partial charge is 0.255 e. The van der Waals surface area contributed by atoms with Gasteiger partial charge in [0, 0.05) is 11.5 Å². The van der Waals surface area contributed by atoms with Gasteiger partial charge in [-0.15, -0.1) is 0 Å². The molecule has 0 saturated carbocycles. The number of phenolic OH excluding ortho intramolecular Hbond substituents is 1. The van der Waals surface area contributed by atoms with E-state index in [9.17, 15) is 40.1 Å². The molecule has 0 unspecified atom stereocenters. The number of rotatable bonds is 2. The second-order valence-corrected chi connectivity index (χ2v) is 8.56. The highest BCUT2D eigenvalue weighted by atomic mass is 16.3. The molecule has 3 aliphatic carbocycles. The summed E-state index contributed by atoms with van der Waals surface area (Å²) in [4.78, 5) is 39.8. The van der Waals surface area contributed by atoms with E-state index in [1.165, 1.54) is 17.0 Å². The molecule has 0 saturated heterocycles. The number of fused-ring (bicyclic) bond motifs is 3. The Bertz CT molecular complexity index is 1210. The van der Waals surface area contributed by atoms with Gasteiger partial charge in [-0.2, -0.15) is 5.26 Å². The number of nitrogens with two attached hydrogens (primary N) is 1. The van der Waals surface area contributed by atoms with Crippen LogP contribution in [0.1, 0.15) is 27.9 Å². The summed E-state index contributed by atoms with van der Waals surface area (Å²) in [6.07, 6.45) is 0.0676. The van der Waals surface area contributed by atoms with Crippen LogP contribution in [0, 0.1) is 23.2 Å². The molecule has 0 radical (unpaired) electrons. The molecule has 0 heterocycles. The first kappa shape index (κ1) is 21.5. The lowest BCUT2D eigenvalue weighted by atomic mass is 9.58. The summed E-state index contributed by atoms with van der Waals surface area (Å²) < 4.78 is 0. The Morgan fingerprint density at radius 1 is 1.25 bits per heavy atom. The number of aliphatic hydroxyl groups excluding tert-OH is 2. The molecule has 6 N–H and O–H groups in total. The van der Waals surface area contributed by atoms with Gasteiger partial charge in [0.2, 0.25) is 5.78 Å². The molecule has 0 aromatic heterocycles. The number of aromatic hydroxyl groups is 1. The number of carbonyl (C=O) groups excluding carboxylic acids is 3. The van der Waals surface area contributed by atoms with Crippen LogP contribution in [0.4, 0.5) is 0 Å². The summed E-state index contributed by atoms with van der Waals surface area (Å²) in [5, 5.41) is 52.9. The van der Waals surface area contributed by atoms with Crippen molar-refractivity contribution in [3.63, 3.8) is 0 Å². The van der Waals surface area contributed by atoms with Crippen molar-refractivity contribution < 1.29 is 34.8 Å². The minimum atomic E-state index is -2.67. The Morgan fingerprint density at radius 3 is 2.47 bits per heavy atom. The number of allylic oxidation sites excluding steroid dienone is 1. The lowest BCUT2D eigenvalue weighted by Crippen LogP contribution is -2.63. The van der Waals surface area contributed by atoms with Crippen molar-refractivity contribution in [2.45, 2.75) is 24.5 Å². The molecular formula is C22H21N3O7. The molecule has 1 aromatic rings. The number of hydrogen-bond donors (Lipinski definition) is 5. The summed E-state index contributed by atoms with van der Waals surface area (Å²) in [5.41, 5.74) is 1.82. The lowest BCUT2D eigenvalue weighted by Gasteiger charge is -2.50. The maximum Gasteiger partial charge on any atom is 0.255 e. The van der Waals surface area contributed by atoms with Crippen molar-refractivity contribution >= 4 is 17.5 Å². The van der Waals surface area contributed by atoms with Crippen molar-refractivity contribution in [3.05, 3.63) is 51.5 Å². The first-order valence-corrected chi connectivity index (χ1v) is 9.86. The van der Waals surface area contributed by atoms with Gasteiger partial charge in [0.15, 0.2) is 11.4 Å². The number of likely N-dealkylation sites (N-methyl/N-ethyl adjacent to an activating group) is 1. The second kappa shape index (κ2) is 6.91. The van der Waals surface area contributed by atoms with E-state index < -0.39 is 63.8 Å². The van der Waals surface area contributed by atoms with Gasteiger partial charge in [-0.25, -0.2) is 0 Å². The summed E-state index contributed by atoms with van der Waals surface area (Å²) in [5.74, 6) is -7.13. The zero-order valence-electron chi connectivity index (χ0n) is 17.3. The molecule has 1 aromatic carbocycles. The quantitative estimate of drug-likeness (QED) is 0.395. The normalized spacial score (nSPS) is 29.4. The number of ketones is 2. The monoisotopic (exact) mass is 439 g/mol. The van der Waals surface area contributed by atoms with E-state index in [4.69, 9.17) is 5.73 Å². The number of aliphatic hydroxyl groups is 3. The Kier molecular flexibility index (Phi) is 4.66. The molecule has 0 fully saturated rings. The molecule has 3 aliphatic rings. The van der Waals surface area contributed by atoms with Crippen LogP contribution in [-0.2, 0) is 16.0 Å². The molecule has 4 rings (SSSR count). The van der Waals surface area contributed by atoms with Gasteiger partial charge < -0.3 is 26.2 Å². The average Bonchev–Trinajstić information content (AvgIpc) is 2.70. The third-order valence-corrected chi connectivity index (χ3v) is 6.73. The van der Waals surface area contributed by atoms with E-state index in [1.54, 1.807) is 14.1 Å². The Balaban J connectivity index is 1.99. The number of nitriles is 1. The fourth-order valence-corrected chi connectivity index (χ4v) is 5.36. The van der Waals surface area contributed by atoms with Crippen LogP contribution in [0.2, 0.25) is 0 Å². The number of Topliss-reactive ketones (excluding diaryl/α,β-unsaturated/α-hetero) is 2. The minimum absolute atomic E-state index is 0.0215. The van der Waals surface area contributed by atoms with Gasteiger partial charge >= 0.3 is 0 Å². The maximum atomic E-state index is 13.3. The Hall–Kier alpha value is -3.68. The van der Waals surface area contributed by atoms with Crippen molar-refractivity contribution in [1.29, 1.82) is 5.26 Å². The van der Waals surface area contributed by atoms with Crippen molar-refractivity contribution in [1.82, 2.24) is 4.90 Å². The second-order valence-electron chi connectivity index (χ2n) is 8.56. The molecule has 166 valence electrons. The predicted octanol–water partition coefficient (Wildman–Crippen LogP) is -0.00772. The largest absolute Gasteiger partial charge is 0.510 e. The van der Waals surface area contributed by atoms with Crippen molar-refractivity contribution in [3.8, 4) is 11.8 Å². The number of phenols is 1. The first-order valence-electron chi connectivity index (χ1n) is 9.86. The van der Waals surface area contributed by atoms with Gasteiger partial charge in [-0.3, -0.25) is 19.3 Å². The van der Waals surface area contributed by atoms with Gasteiger partial charge in [-0.05, 0) is 50.6 Å². The van der Waals surface area contributed by atoms with Crippen LogP contribution in [0.5, 0.6) is 5.75 Å².